The van der Waals surface area contributed by atoms with Gasteiger partial charge in [-0.25, -0.2) is 0 Å². The molecular weight excluding hydrogens is 184 g/mol. The lowest BCUT2D eigenvalue weighted by molar-refractivity contribution is 0.899. The molecule has 0 unspecified atom stereocenters. The highest BCUT2D eigenvalue weighted by molar-refractivity contribution is 8.00. The van der Waals surface area contributed by atoms with Crippen LogP contribution < -0.4 is 0 Å². The van der Waals surface area contributed by atoms with E-state index in [1.54, 1.807) is 0 Å². The minimum absolute atomic E-state index is 0.808. The third-order valence-electron chi connectivity index (χ3n) is 1.44. The Morgan fingerprint density at radius 2 is 1.08 bits per heavy atom. The summed E-state index contributed by atoms with van der Waals surface area (Å²) in [5.41, 5.74) is 0. The Balaban J connectivity index is 2.91. The summed E-state index contributed by atoms with van der Waals surface area (Å²) in [4.78, 5) is 0. The second-order valence-electron chi connectivity index (χ2n) is 3.55. The van der Waals surface area contributed by atoms with Gasteiger partial charge in [-0.15, -0.1) is 0 Å². The van der Waals surface area contributed by atoms with E-state index in [1.807, 2.05) is 0 Å². The van der Waals surface area contributed by atoms with Gasteiger partial charge in [-0.1, -0.05) is 27.7 Å². The number of thioether (sulfide) groups is 2. The second kappa shape index (κ2) is 8.31. The molecule has 0 amide bonds. The molecule has 0 rings (SSSR count). The zero-order chi connectivity index (χ0) is 9.40. The summed E-state index contributed by atoms with van der Waals surface area (Å²) in [5.74, 6) is 2.69. The van der Waals surface area contributed by atoms with Crippen molar-refractivity contribution in [2.75, 3.05) is 11.5 Å². The molecule has 0 nitrogen and oxygen atoms in total. The first-order valence-electron chi connectivity index (χ1n) is 4.86. The smallest absolute Gasteiger partial charge is 0.000968 e. The van der Waals surface area contributed by atoms with Crippen molar-refractivity contribution in [3.8, 4) is 0 Å². The highest BCUT2D eigenvalue weighted by Gasteiger charge is 1.96. The van der Waals surface area contributed by atoms with Gasteiger partial charge in [-0.2, -0.15) is 23.5 Å². The third-order valence-corrected chi connectivity index (χ3v) is 3.82. The molecule has 0 bridgehead atoms. The molecule has 0 aromatic rings. The zero-order valence-electron chi connectivity index (χ0n) is 8.80. The number of hydrogen-bond donors (Lipinski definition) is 0. The molecule has 0 heterocycles. The van der Waals surface area contributed by atoms with Crippen LogP contribution >= 0.6 is 23.5 Å². The van der Waals surface area contributed by atoms with Crippen LogP contribution in [0.25, 0.3) is 0 Å². The minimum Gasteiger partial charge on any atom is -0.159 e. The lowest BCUT2D eigenvalue weighted by Crippen LogP contribution is -1.93. The molecule has 0 N–H and O–H groups in total. The van der Waals surface area contributed by atoms with Gasteiger partial charge in [0.15, 0.2) is 0 Å². The summed E-state index contributed by atoms with van der Waals surface area (Å²) in [6.45, 7) is 9.09. The largest absolute Gasteiger partial charge is 0.159 e. The van der Waals surface area contributed by atoms with Crippen molar-refractivity contribution in [1.82, 2.24) is 0 Å². The van der Waals surface area contributed by atoms with E-state index >= 15 is 0 Å². The Kier molecular flexibility index (Phi) is 8.79. The maximum Gasteiger partial charge on any atom is -0.000968 e. The summed E-state index contributed by atoms with van der Waals surface area (Å²) in [7, 11) is 0. The molecule has 0 radical (unpaired) electrons. The lowest BCUT2D eigenvalue weighted by Gasteiger charge is -2.05. The Bertz CT molecular complexity index is 77.8. The third kappa shape index (κ3) is 10.7. The predicted octanol–water partition coefficient (Wildman–Crippen LogP) is 4.05. The minimum atomic E-state index is 0.808. The highest BCUT2D eigenvalue weighted by atomic mass is 32.2. The molecule has 0 aromatic heterocycles. The Morgan fingerprint density at radius 3 is 1.33 bits per heavy atom. The first-order chi connectivity index (χ1) is 5.63. The van der Waals surface area contributed by atoms with Gasteiger partial charge in [0.1, 0.15) is 0 Å². The first-order valence-corrected chi connectivity index (χ1v) is 6.96. The highest BCUT2D eigenvalue weighted by Crippen LogP contribution is 2.15. The first kappa shape index (κ1) is 12.7. The van der Waals surface area contributed by atoms with Crippen molar-refractivity contribution in [2.45, 2.75) is 51.0 Å². The van der Waals surface area contributed by atoms with E-state index in [9.17, 15) is 0 Å². The van der Waals surface area contributed by atoms with Crippen LogP contribution in [-0.4, -0.2) is 22.0 Å². The number of rotatable bonds is 7. The average Bonchev–Trinajstić information content (AvgIpc) is 1.95. The second-order valence-corrected chi connectivity index (χ2v) is 6.91. The fourth-order valence-electron chi connectivity index (χ4n) is 0.842. The lowest BCUT2D eigenvalue weighted by atomic mass is 10.4. The Hall–Kier alpha value is 0.700. The monoisotopic (exact) mass is 206 g/mol. The van der Waals surface area contributed by atoms with Crippen LogP contribution in [0, 0.1) is 0 Å². The van der Waals surface area contributed by atoms with E-state index in [1.165, 1.54) is 24.3 Å². The summed E-state index contributed by atoms with van der Waals surface area (Å²) in [5, 5.41) is 1.62. The van der Waals surface area contributed by atoms with Crippen molar-refractivity contribution in [3.63, 3.8) is 0 Å². The van der Waals surface area contributed by atoms with E-state index in [4.69, 9.17) is 0 Å². The average molecular weight is 206 g/mol. The van der Waals surface area contributed by atoms with Crippen LogP contribution in [-0.2, 0) is 0 Å². The predicted molar refractivity (Wildman–Crippen MR) is 64.4 cm³/mol. The summed E-state index contributed by atoms with van der Waals surface area (Å²) in [6, 6.07) is 0. The molecule has 0 aromatic carbocycles. The van der Waals surface area contributed by atoms with Gasteiger partial charge in [0, 0.05) is 0 Å². The van der Waals surface area contributed by atoms with Gasteiger partial charge >= 0.3 is 0 Å². The zero-order valence-corrected chi connectivity index (χ0v) is 10.4. The van der Waals surface area contributed by atoms with Crippen LogP contribution in [0.15, 0.2) is 0 Å². The standard InChI is InChI=1S/C10H22S2/c1-9(2)11-7-5-6-8-12-10(3)4/h9-10H,5-8H2,1-4H3. The van der Waals surface area contributed by atoms with Crippen LogP contribution in [0.5, 0.6) is 0 Å². The molecule has 0 atom stereocenters. The van der Waals surface area contributed by atoms with E-state index < -0.39 is 0 Å². The van der Waals surface area contributed by atoms with Crippen molar-refractivity contribution < 1.29 is 0 Å². The van der Waals surface area contributed by atoms with Gasteiger partial charge < -0.3 is 0 Å². The Morgan fingerprint density at radius 1 is 0.750 bits per heavy atom. The van der Waals surface area contributed by atoms with Crippen molar-refractivity contribution in [3.05, 3.63) is 0 Å². The fourth-order valence-corrected chi connectivity index (χ4v) is 2.53. The van der Waals surface area contributed by atoms with Crippen molar-refractivity contribution in [1.29, 1.82) is 0 Å². The maximum atomic E-state index is 2.27. The van der Waals surface area contributed by atoms with E-state index in [2.05, 4.69) is 51.2 Å². The summed E-state index contributed by atoms with van der Waals surface area (Å²) < 4.78 is 0. The number of unbranched alkanes of at least 4 members (excludes halogenated alkanes) is 1. The molecule has 0 aliphatic carbocycles. The molecule has 0 fully saturated rings. The summed E-state index contributed by atoms with van der Waals surface area (Å²) >= 11 is 4.16. The van der Waals surface area contributed by atoms with Crippen molar-refractivity contribution in [2.24, 2.45) is 0 Å². The van der Waals surface area contributed by atoms with Crippen LogP contribution in [0.1, 0.15) is 40.5 Å². The van der Waals surface area contributed by atoms with Crippen LogP contribution in [0.3, 0.4) is 0 Å². The topological polar surface area (TPSA) is 0 Å². The molecule has 0 saturated heterocycles. The normalized spacial score (nSPS) is 11.5. The Labute approximate surface area is 86.3 Å². The molecule has 0 aliphatic rings. The summed E-state index contributed by atoms with van der Waals surface area (Å²) in [6.07, 6.45) is 2.78. The van der Waals surface area contributed by atoms with Gasteiger partial charge in [0.25, 0.3) is 0 Å². The van der Waals surface area contributed by atoms with Gasteiger partial charge in [-0.3, -0.25) is 0 Å². The fraction of sp³-hybridized carbons (Fsp3) is 1.00. The van der Waals surface area contributed by atoms with Gasteiger partial charge in [0.2, 0.25) is 0 Å². The SMILES string of the molecule is CC(C)SCCCCSC(C)C. The van der Waals surface area contributed by atoms with E-state index in [0.717, 1.165) is 10.5 Å². The molecule has 0 aliphatic heterocycles. The van der Waals surface area contributed by atoms with Crippen LogP contribution in [0.4, 0.5) is 0 Å². The molecule has 12 heavy (non-hydrogen) atoms. The van der Waals surface area contributed by atoms with Gasteiger partial charge in [0.05, 0.1) is 0 Å². The molecule has 0 spiro atoms. The van der Waals surface area contributed by atoms with E-state index in [-0.39, 0.29) is 0 Å². The molecular formula is C10H22S2. The van der Waals surface area contributed by atoms with E-state index in [0.29, 0.717) is 0 Å². The maximum absolute atomic E-state index is 2.27. The van der Waals surface area contributed by atoms with Crippen molar-refractivity contribution >= 4 is 23.5 Å². The molecule has 74 valence electrons. The number of hydrogen-bond acceptors (Lipinski definition) is 2. The molecule has 2 heteroatoms. The quantitative estimate of drug-likeness (QED) is 0.576. The molecule has 0 saturated carbocycles. The van der Waals surface area contributed by atoms with Gasteiger partial charge in [-0.05, 0) is 34.8 Å². The van der Waals surface area contributed by atoms with Crippen LogP contribution in [0.2, 0.25) is 0 Å².